The average Bonchev–Trinajstić information content (AvgIpc) is 3.27. The Morgan fingerprint density at radius 2 is 2.32 bits per heavy atom. The summed E-state index contributed by atoms with van der Waals surface area (Å²) in [5.41, 5.74) is 8.33. The highest BCUT2D eigenvalue weighted by atomic mass is 16.5. The molecule has 1 aliphatic heterocycles. The number of hydrogen-bond donors (Lipinski definition) is 3. The summed E-state index contributed by atoms with van der Waals surface area (Å²) in [4.78, 5) is 11.8. The molecule has 0 radical (unpaired) electrons. The lowest BCUT2D eigenvalue weighted by Crippen LogP contribution is -2.28. The van der Waals surface area contributed by atoms with E-state index in [0.29, 0.717) is 29.9 Å². The Kier molecular flexibility index (Phi) is 4.01. The molecule has 1 amide bonds. The lowest BCUT2D eigenvalue weighted by atomic mass is 9.79. The first-order chi connectivity index (χ1) is 12.0. The van der Waals surface area contributed by atoms with Gasteiger partial charge in [0, 0.05) is 11.9 Å². The predicted molar refractivity (Wildman–Crippen MR) is 94.9 cm³/mol. The van der Waals surface area contributed by atoms with Crippen LogP contribution in [0.15, 0.2) is 24.4 Å². The smallest absolute Gasteiger partial charge is 0.423 e. The van der Waals surface area contributed by atoms with Gasteiger partial charge in [0.05, 0.1) is 12.6 Å². The third-order valence-electron chi connectivity index (χ3n) is 5.22. The Morgan fingerprint density at radius 3 is 3.04 bits per heavy atom. The van der Waals surface area contributed by atoms with Crippen molar-refractivity contribution >= 4 is 30.0 Å². The third-order valence-corrected chi connectivity index (χ3v) is 5.22. The molecule has 0 bridgehead atoms. The van der Waals surface area contributed by atoms with Crippen molar-refractivity contribution in [1.82, 2.24) is 9.78 Å². The standard InChI is InChI=1S/C17H21BN4O3/c1-10-3-2-4-15(10)22-8-13(16(19)23)17(21-22)20-12-6-5-11-9-25-18(24)14(11)7-12/h5-8,10,15,24H,2-4,9H2,1H3,(H2,19,23)(H,20,21)/t10-,15-/m0/s1. The lowest BCUT2D eigenvalue weighted by Gasteiger charge is -2.15. The average molecular weight is 340 g/mol. The molecule has 2 aliphatic rings. The molecule has 8 heteroatoms. The summed E-state index contributed by atoms with van der Waals surface area (Å²) < 4.78 is 7.07. The van der Waals surface area contributed by atoms with Gasteiger partial charge in [0.2, 0.25) is 0 Å². The van der Waals surface area contributed by atoms with Crippen LogP contribution >= 0.6 is 0 Å². The fourth-order valence-corrected chi connectivity index (χ4v) is 3.78. The van der Waals surface area contributed by atoms with E-state index in [1.54, 1.807) is 6.20 Å². The van der Waals surface area contributed by atoms with Gasteiger partial charge < -0.3 is 20.7 Å². The second kappa shape index (κ2) is 6.20. The summed E-state index contributed by atoms with van der Waals surface area (Å²) in [6.07, 6.45) is 5.14. The Hall–Kier alpha value is -2.32. The van der Waals surface area contributed by atoms with E-state index in [2.05, 4.69) is 17.3 Å². The molecular formula is C17H21BN4O3. The van der Waals surface area contributed by atoms with Crippen molar-refractivity contribution < 1.29 is 14.5 Å². The summed E-state index contributed by atoms with van der Waals surface area (Å²) in [6.45, 7) is 2.61. The number of nitrogens with zero attached hydrogens (tertiary/aromatic N) is 2. The largest absolute Gasteiger partial charge is 0.491 e. The number of hydrogen-bond acceptors (Lipinski definition) is 5. The molecule has 4 N–H and O–H groups in total. The number of nitrogens with one attached hydrogen (secondary N) is 1. The Bertz CT molecular complexity index is 822. The Morgan fingerprint density at radius 1 is 1.48 bits per heavy atom. The van der Waals surface area contributed by atoms with Crippen LogP contribution in [0, 0.1) is 5.92 Å². The van der Waals surface area contributed by atoms with E-state index >= 15 is 0 Å². The molecule has 130 valence electrons. The molecule has 0 saturated heterocycles. The van der Waals surface area contributed by atoms with Crippen LogP contribution in [0.5, 0.6) is 0 Å². The quantitative estimate of drug-likeness (QED) is 0.728. The maximum Gasteiger partial charge on any atom is 0.491 e. The van der Waals surface area contributed by atoms with Crippen molar-refractivity contribution in [2.24, 2.45) is 11.7 Å². The molecule has 25 heavy (non-hydrogen) atoms. The lowest BCUT2D eigenvalue weighted by molar-refractivity contribution is 0.100. The van der Waals surface area contributed by atoms with Crippen LogP contribution in [0.1, 0.15) is 48.1 Å². The number of primary amides is 1. The van der Waals surface area contributed by atoms with Crippen molar-refractivity contribution in [1.29, 1.82) is 0 Å². The van der Waals surface area contributed by atoms with Gasteiger partial charge in [-0.2, -0.15) is 5.10 Å². The monoisotopic (exact) mass is 340 g/mol. The highest BCUT2D eigenvalue weighted by Crippen LogP contribution is 2.36. The second-order valence-corrected chi connectivity index (χ2v) is 6.91. The van der Waals surface area contributed by atoms with Crippen LogP contribution in [-0.2, 0) is 11.3 Å². The molecule has 1 aliphatic carbocycles. The van der Waals surface area contributed by atoms with Crippen molar-refractivity contribution in [3.8, 4) is 0 Å². The van der Waals surface area contributed by atoms with E-state index < -0.39 is 13.0 Å². The minimum absolute atomic E-state index is 0.295. The molecule has 4 rings (SSSR count). The molecular weight excluding hydrogens is 319 g/mol. The van der Waals surface area contributed by atoms with Crippen LogP contribution in [0.2, 0.25) is 0 Å². The molecule has 0 unspecified atom stereocenters. The number of fused-ring (bicyclic) bond motifs is 1. The maximum absolute atomic E-state index is 11.8. The first-order valence-electron chi connectivity index (χ1n) is 8.61. The first kappa shape index (κ1) is 16.2. The van der Waals surface area contributed by atoms with Gasteiger partial charge in [-0.1, -0.05) is 19.4 Å². The zero-order valence-electron chi connectivity index (χ0n) is 14.1. The van der Waals surface area contributed by atoms with Crippen LogP contribution in [0.25, 0.3) is 0 Å². The number of amides is 1. The topological polar surface area (TPSA) is 102 Å². The number of carbonyl (C=O) groups excluding carboxylic acids is 1. The minimum Gasteiger partial charge on any atom is -0.423 e. The van der Waals surface area contributed by atoms with E-state index in [0.717, 1.165) is 23.1 Å². The second-order valence-electron chi connectivity index (χ2n) is 6.91. The molecule has 2 atom stereocenters. The number of carbonyl (C=O) groups is 1. The summed E-state index contributed by atoms with van der Waals surface area (Å²) in [5.74, 6) is 0.463. The highest BCUT2D eigenvalue weighted by Gasteiger charge is 2.29. The third kappa shape index (κ3) is 2.92. The zero-order chi connectivity index (χ0) is 17.6. The van der Waals surface area contributed by atoms with Gasteiger partial charge in [-0.3, -0.25) is 9.48 Å². The SMILES string of the molecule is C[C@H]1CCC[C@@H]1n1cc(C(N)=O)c(Nc2ccc3c(c2)B(O)OC3)n1. The van der Waals surface area contributed by atoms with Crippen LogP contribution in [0.3, 0.4) is 0 Å². The maximum atomic E-state index is 11.8. The van der Waals surface area contributed by atoms with Crippen molar-refractivity contribution in [3.63, 3.8) is 0 Å². The first-order valence-corrected chi connectivity index (χ1v) is 8.61. The number of benzene rings is 1. The molecule has 0 spiro atoms. The van der Waals surface area contributed by atoms with Crippen LogP contribution in [-0.4, -0.2) is 27.8 Å². The van der Waals surface area contributed by atoms with E-state index in [4.69, 9.17) is 10.4 Å². The van der Waals surface area contributed by atoms with Gasteiger partial charge in [0.15, 0.2) is 5.82 Å². The summed E-state index contributed by atoms with van der Waals surface area (Å²) in [5, 5.41) is 17.6. The Labute approximate surface area is 146 Å². The predicted octanol–water partition coefficient (Wildman–Crippen LogP) is 1.30. The normalized spacial score (nSPS) is 22.2. The fraction of sp³-hybridized carbons (Fsp3) is 0.412. The van der Waals surface area contributed by atoms with Crippen LogP contribution in [0.4, 0.5) is 11.5 Å². The summed E-state index contributed by atoms with van der Waals surface area (Å²) >= 11 is 0. The summed E-state index contributed by atoms with van der Waals surface area (Å²) in [7, 11) is -0.913. The molecule has 7 nitrogen and oxygen atoms in total. The van der Waals surface area contributed by atoms with Gasteiger partial charge in [0.1, 0.15) is 5.56 Å². The minimum atomic E-state index is -0.913. The van der Waals surface area contributed by atoms with E-state index in [-0.39, 0.29) is 0 Å². The van der Waals surface area contributed by atoms with E-state index in [1.165, 1.54) is 12.8 Å². The molecule has 2 heterocycles. The fourth-order valence-electron chi connectivity index (χ4n) is 3.78. The van der Waals surface area contributed by atoms with Gasteiger partial charge in [-0.25, -0.2) is 0 Å². The van der Waals surface area contributed by atoms with Gasteiger partial charge in [-0.05, 0) is 41.9 Å². The molecule has 1 fully saturated rings. The highest BCUT2D eigenvalue weighted by molar-refractivity contribution is 6.61. The number of anilines is 2. The number of aromatic nitrogens is 2. The van der Waals surface area contributed by atoms with Crippen molar-refractivity contribution in [2.75, 3.05) is 5.32 Å². The van der Waals surface area contributed by atoms with Crippen molar-refractivity contribution in [3.05, 3.63) is 35.5 Å². The molecule has 1 aromatic carbocycles. The molecule has 2 aromatic rings. The van der Waals surface area contributed by atoms with E-state index in [1.807, 2.05) is 22.9 Å². The van der Waals surface area contributed by atoms with E-state index in [9.17, 15) is 9.82 Å². The summed E-state index contributed by atoms with van der Waals surface area (Å²) in [6, 6.07) is 5.88. The van der Waals surface area contributed by atoms with Gasteiger partial charge in [0.25, 0.3) is 5.91 Å². The van der Waals surface area contributed by atoms with Crippen molar-refractivity contribution in [2.45, 2.75) is 38.8 Å². The molecule has 1 saturated carbocycles. The Balaban J connectivity index is 1.64. The zero-order valence-corrected chi connectivity index (χ0v) is 14.1. The molecule has 1 aromatic heterocycles. The number of rotatable bonds is 4. The van der Waals surface area contributed by atoms with Crippen LogP contribution < -0.4 is 16.5 Å². The van der Waals surface area contributed by atoms with Gasteiger partial charge in [-0.15, -0.1) is 0 Å². The number of nitrogens with two attached hydrogens (primary N) is 1. The van der Waals surface area contributed by atoms with Gasteiger partial charge >= 0.3 is 7.12 Å².